The average Bonchev–Trinajstić information content (AvgIpc) is 2.37. The first kappa shape index (κ1) is 12.4. The molecule has 0 amide bonds. The van der Waals surface area contributed by atoms with Gasteiger partial charge in [-0.05, 0) is 48.0 Å². The van der Waals surface area contributed by atoms with E-state index in [1.165, 1.54) is 6.08 Å². The molecule has 2 aromatic carbocycles. The van der Waals surface area contributed by atoms with Gasteiger partial charge in [-0.2, -0.15) is 0 Å². The van der Waals surface area contributed by atoms with Crippen molar-refractivity contribution in [3.05, 3.63) is 70.8 Å². The molecule has 2 aromatic rings. The van der Waals surface area contributed by atoms with Crippen LogP contribution in [0.2, 0.25) is 5.02 Å². The second-order valence-corrected chi connectivity index (χ2v) is 4.31. The van der Waals surface area contributed by atoms with E-state index < -0.39 is 0 Å². The molecule has 0 atom stereocenters. The fourth-order valence-corrected chi connectivity index (χ4v) is 1.67. The van der Waals surface area contributed by atoms with Gasteiger partial charge in [0.1, 0.15) is 0 Å². The van der Waals surface area contributed by atoms with E-state index in [2.05, 4.69) is 0 Å². The number of rotatable bonds is 3. The number of halogens is 1. The van der Waals surface area contributed by atoms with E-state index >= 15 is 0 Å². The second-order valence-electron chi connectivity index (χ2n) is 3.87. The molecule has 3 heteroatoms. The van der Waals surface area contributed by atoms with Gasteiger partial charge in [0.2, 0.25) is 0 Å². The lowest BCUT2D eigenvalue weighted by Gasteiger charge is -1.97. The molecule has 0 fully saturated rings. The summed E-state index contributed by atoms with van der Waals surface area (Å²) in [4.78, 5) is 11.9. The molecule has 0 radical (unpaired) electrons. The van der Waals surface area contributed by atoms with E-state index in [0.717, 1.165) is 5.56 Å². The first-order valence-corrected chi connectivity index (χ1v) is 5.86. The third-order valence-corrected chi connectivity index (χ3v) is 2.72. The molecule has 18 heavy (non-hydrogen) atoms. The Bertz CT molecular complexity index is 588. The maximum Gasteiger partial charge on any atom is 0.185 e. The Kier molecular flexibility index (Phi) is 3.80. The summed E-state index contributed by atoms with van der Waals surface area (Å²) in [6.07, 6.45) is 3.27. The van der Waals surface area contributed by atoms with Gasteiger partial charge in [-0.25, -0.2) is 0 Å². The molecular weight excluding hydrogens is 246 g/mol. The summed E-state index contributed by atoms with van der Waals surface area (Å²) in [5.41, 5.74) is 7.85. The minimum absolute atomic E-state index is 0.0610. The van der Waals surface area contributed by atoms with Crippen LogP contribution in [0.5, 0.6) is 0 Å². The summed E-state index contributed by atoms with van der Waals surface area (Å²) < 4.78 is 0. The van der Waals surface area contributed by atoms with E-state index in [-0.39, 0.29) is 5.78 Å². The van der Waals surface area contributed by atoms with Gasteiger partial charge < -0.3 is 5.73 Å². The van der Waals surface area contributed by atoms with Crippen LogP contribution in [0, 0.1) is 0 Å². The highest BCUT2D eigenvalue weighted by molar-refractivity contribution is 6.30. The van der Waals surface area contributed by atoms with E-state index in [9.17, 15) is 4.79 Å². The SMILES string of the molecule is Nc1cccc(C=CC(=O)c2ccc(Cl)cc2)c1. The summed E-state index contributed by atoms with van der Waals surface area (Å²) in [7, 11) is 0. The number of benzene rings is 2. The molecule has 0 aliphatic carbocycles. The van der Waals surface area contributed by atoms with Crippen LogP contribution in [0.1, 0.15) is 15.9 Å². The van der Waals surface area contributed by atoms with Crippen molar-refractivity contribution in [2.45, 2.75) is 0 Å². The number of carbonyl (C=O) groups is 1. The van der Waals surface area contributed by atoms with Crippen LogP contribution in [-0.4, -0.2) is 5.78 Å². The smallest absolute Gasteiger partial charge is 0.185 e. The predicted molar refractivity (Wildman–Crippen MR) is 75.7 cm³/mol. The Morgan fingerprint density at radius 3 is 2.50 bits per heavy atom. The maximum atomic E-state index is 11.9. The molecule has 2 rings (SSSR count). The lowest BCUT2D eigenvalue weighted by atomic mass is 10.1. The monoisotopic (exact) mass is 257 g/mol. The number of allylic oxidation sites excluding steroid dienone is 1. The highest BCUT2D eigenvalue weighted by Crippen LogP contribution is 2.12. The van der Waals surface area contributed by atoms with Crippen molar-refractivity contribution in [3.63, 3.8) is 0 Å². The molecule has 2 nitrogen and oxygen atoms in total. The van der Waals surface area contributed by atoms with E-state index in [1.54, 1.807) is 36.4 Å². The Balaban J connectivity index is 2.14. The Hall–Kier alpha value is -2.06. The van der Waals surface area contributed by atoms with Crippen LogP contribution in [-0.2, 0) is 0 Å². The Labute approximate surface area is 111 Å². The first-order chi connectivity index (χ1) is 8.65. The number of nitrogens with two attached hydrogens (primary N) is 1. The van der Waals surface area contributed by atoms with Gasteiger partial charge in [0, 0.05) is 16.3 Å². The quantitative estimate of drug-likeness (QED) is 0.516. The van der Waals surface area contributed by atoms with Crippen molar-refractivity contribution in [1.29, 1.82) is 0 Å². The highest BCUT2D eigenvalue weighted by Gasteiger charge is 2.00. The third-order valence-electron chi connectivity index (χ3n) is 2.47. The molecule has 90 valence electrons. The third kappa shape index (κ3) is 3.22. The lowest BCUT2D eigenvalue weighted by molar-refractivity contribution is 0.104. The Morgan fingerprint density at radius 1 is 1.11 bits per heavy atom. The largest absolute Gasteiger partial charge is 0.399 e. The van der Waals surface area contributed by atoms with E-state index in [1.807, 2.05) is 18.2 Å². The van der Waals surface area contributed by atoms with Gasteiger partial charge >= 0.3 is 0 Å². The van der Waals surface area contributed by atoms with Crippen molar-refractivity contribution in [3.8, 4) is 0 Å². The number of nitrogen functional groups attached to an aromatic ring is 1. The predicted octanol–water partition coefficient (Wildman–Crippen LogP) is 3.82. The van der Waals surface area contributed by atoms with Crippen LogP contribution in [0.3, 0.4) is 0 Å². The standard InChI is InChI=1S/C15H12ClNO/c16-13-7-5-12(6-8-13)15(18)9-4-11-2-1-3-14(17)10-11/h1-10H,17H2. The summed E-state index contributed by atoms with van der Waals surface area (Å²) in [5.74, 6) is -0.0610. The van der Waals surface area contributed by atoms with Crippen LogP contribution in [0.25, 0.3) is 6.08 Å². The van der Waals surface area contributed by atoms with Crippen LogP contribution >= 0.6 is 11.6 Å². The number of carbonyl (C=O) groups excluding carboxylic acids is 1. The topological polar surface area (TPSA) is 43.1 Å². The average molecular weight is 258 g/mol. The molecule has 0 aromatic heterocycles. The minimum atomic E-state index is -0.0610. The van der Waals surface area contributed by atoms with E-state index in [0.29, 0.717) is 16.3 Å². The molecule has 0 bridgehead atoms. The van der Waals surface area contributed by atoms with Gasteiger partial charge in [-0.3, -0.25) is 4.79 Å². The van der Waals surface area contributed by atoms with Crippen molar-refractivity contribution < 1.29 is 4.79 Å². The van der Waals surface area contributed by atoms with Gasteiger partial charge in [0.15, 0.2) is 5.78 Å². The van der Waals surface area contributed by atoms with Crippen molar-refractivity contribution in [2.75, 3.05) is 5.73 Å². The zero-order valence-corrected chi connectivity index (χ0v) is 10.4. The molecule has 2 N–H and O–H groups in total. The van der Waals surface area contributed by atoms with Gasteiger partial charge in [-0.15, -0.1) is 0 Å². The summed E-state index contributed by atoms with van der Waals surface area (Å²) in [6.45, 7) is 0. The number of anilines is 1. The Morgan fingerprint density at radius 2 is 1.83 bits per heavy atom. The molecule has 0 saturated heterocycles. The number of hydrogen-bond donors (Lipinski definition) is 1. The van der Waals surface area contributed by atoms with Gasteiger partial charge in [0.25, 0.3) is 0 Å². The lowest BCUT2D eigenvalue weighted by Crippen LogP contribution is -1.93. The van der Waals surface area contributed by atoms with Gasteiger partial charge in [-0.1, -0.05) is 29.8 Å². The molecule has 0 aliphatic heterocycles. The summed E-state index contributed by atoms with van der Waals surface area (Å²) >= 11 is 5.76. The van der Waals surface area contributed by atoms with Crippen molar-refractivity contribution in [2.24, 2.45) is 0 Å². The van der Waals surface area contributed by atoms with Crippen LogP contribution in [0.4, 0.5) is 5.69 Å². The number of hydrogen-bond acceptors (Lipinski definition) is 2. The van der Waals surface area contributed by atoms with E-state index in [4.69, 9.17) is 17.3 Å². The number of ketones is 1. The fourth-order valence-electron chi connectivity index (χ4n) is 1.54. The molecule has 0 unspecified atom stereocenters. The van der Waals surface area contributed by atoms with Crippen LogP contribution in [0.15, 0.2) is 54.6 Å². The highest BCUT2D eigenvalue weighted by atomic mass is 35.5. The summed E-state index contributed by atoms with van der Waals surface area (Å²) in [6, 6.07) is 14.2. The van der Waals surface area contributed by atoms with Gasteiger partial charge in [0.05, 0.1) is 0 Å². The molecule has 0 aliphatic rings. The molecule has 0 heterocycles. The molecule has 0 spiro atoms. The second kappa shape index (κ2) is 5.52. The molecule has 0 saturated carbocycles. The normalized spacial score (nSPS) is 10.7. The molecular formula is C15H12ClNO. The summed E-state index contributed by atoms with van der Waals surface area (Å²) in [5, 5.41) is 0.617. The minimum Gasteiger partial charge on any atom is -0.399 e. The first-order valence-electron chi connectivity index (χ1n) is 5.49. The van der Waals surface area contributed by atoms with Crippen molar-refractivity contribution >= 4 is 29.1 Å². The zero-order chi connectivity index (χ0) is 13.0. The fraction of sp³-hybridized carbons (Fsp3) is 0. The zero-order valence-electron chi connectivity index (χ0n) is 9.64. The van der Waals surface area contributed by atoms with Crippen molar-refractivity contribution in [1.82, 2.24) is 0 Å². The van der Waals surface area contributed by atoms with Crippen LogP contribution < -0.4 is 5.73 Å². The maximum absolute atomic E-state index is 11.9.